The Hall–Kier alpha value is -4.28. The molecule has 0 saturated carbocycles. The Morgan fingerprint density at radius 1 is 1.15 bits per heavy atom. The predicted octanol–water partition coefficient (Wildman–Crippen LogP) is 4.03. The zero-order chi connectivity index (χ0) is 28.7. The van der Waals surface area contributed by atoms with Gasteiger partial charge in [0.05, 0.1) is 12.5 Å². The van der Waals surface area contributed by atoms with E-state index in [1.807, 2.05) is 30.3 Å². The van der Waals surface area contributed by atoms with Crippen molar-refractivity contribution in [3.63, 3.8) is 0 Å². The van der Waals surface area contributed by atoms with Crippen LogP contribution in [-0.4, -0.2) is 71.1 Å². The fourth-order valence-corrected chi connectivity index (χ4v) is 5.96. The minimum Gasteiger partial charge on any atom is -0.353 e. The number of amides is 4. The predicted molar refractivity (Wildman–Crippen MR) is 151 cm³/mol. The summed E-state index contributed by atoms with van der Waals surface area (Å²) >= 11 is 0. The lowest BCUT2D eigenvalue weighted by molar-refractivity contribution is -0.155. The molecule has 0 radical (unpaired) electrons. The Balaban J connectivity index is 1.31. The number of urea groups is 1. The lowest BCUT2D eigenvalue weighted by Crippen LogP contribution is -2.56. The first-order valence-electron chi connectivity index (χ1n) is 13.8. The fourth-order valence-electron chi connectivity index (χ4n) is 5.96. The molecule has 3 aromatic rings. The van der Waals surface area contributed by atoms with Gasteiger partial charge < -0.3 is 24.3 Å². The van der Waals surface area contributed by atoms with Gasteiger partial charge in [-0.2, -0.15) is 0 Å². The lowest BCUT2D eigenvalue weighted by atomic mass is 9.89. The van der Waals surface area contributed by atoms with Gasteiger partial charge in [0.25, 0.3) is 0 Å². The van der Waals surface area contributed by atoms with Crippen molar-refractivity contribution in [2.24, 2.45) is 0 Å². The summed E-state index contributed by atoms with van der Waals surface area (Å²) in [4.78, 5) is 53.6. The first kappa shape index (κ1) is 26.9. The number of ketones is 1. The van der Waals surface area contributed by atoms with E-state index < -0.39 is 5.92 Å². The van der Waals surface area contributed by atoms with E-state index in [4.69, 9.17) is 9.47 Å². The average molecular weight is 557 g/mol. The van der Waals surface area contributed by atoms with Crippen molar-refractivity contribution in [2.45, 2.75) is 44.6 Å². The summed E-state index contributed by atoms with van der Waals surface area (Å²) in [6.45, 7) is 5.31. The number of hydrogen-bond donors (Lipinski definition) is 1. The average Bonchev–Trinajstić information content (AvgIpc) is 3.30. The molecule has 10 heteroatoms. The zero-order valence-corrected chi connectivity index (χ0v) is 22.9. The minimum absolute atomic E-state index is 0.0296. The first-order valence-corrected chi connectivity index (χ1v) is 13.8. The van der Waals surface area contributed by atoms with E-state index in [2.05, 4.69) is 16.5 Å². The Morgan fingerprint density at radius 3 is 2.68 bits per heavy atom. The first-order chi connectivity index (χ1) is 19.8. The van der Waals surface area contributed by atoms with Crippen LogP contribution in [0.5, 0.6) is 0 Å². The third-order valence-electron chi connectivity index (χ3n) is 8.10. The van der Waals surface area contributed by atoms with Crippen LogP contribution < -0.4 is 5.32 Å². The van der Waals surface area contributed by atoms with Gasteiger partial charge in [0.15, 0.2) is 12.1 Å². The maximum absolute atomic E-state index is 13.2. The van der Waals surface area contributed by atoms with Crippen molar-refractivity contribution < 1.29 is 28.7 Å². The number of fused-ring (bicyclic) bond motifs is 6. The molecule has 41 heavy (non-hydrogen) atoms. The third kappa shape index (κ3) is 5.05. The second kappa shape index (κ2) is 10.9. The molecule has 4 amide bonds. The van der Waals surface area contributed by atoms with Crippen molar-refractivity contribution in [3.05, 3.63) is 77.5 Å². The van der Waals surface area contributed by atoms with Crippen molar-refractivity contribution >= 4 is 40.2 Å². The smallest absolute Gasteiger partial charge is 0.326 e. The molecule has 2 aromatic carbocycles. The van der Waals surface area contributed by atoms with Crippen LogP contribution in [-0.2, 0) is 32.2 Å². The molecule has 0 aliphatic carbocycles. The van der Waals surface area contributed by atoms with Gasteiger partial charge in [-0.25, -0.2) is 4.79 Å². The standard InChI is InChI=1S/C31H32N4O6/c1-3-27(37)32-21-11-12-24-22(14-21)29-23-16-34(31(39)33(2)30(23)38)17-25(29)35(24)15-19-7-9-20(10-8-19)26(36)18-41-28-6-4-5-13-40-28/h3,7-12,14,23,28H,1,4-6,13,15-18H2,2H3,(H,32,37). The number of carbonyl (C=O) groups excluding carboxylic acids is 4. The molecule has 2 bridgehead atoms. The second-order valence-corrected chi connectivity index (χ2v) is 10.7. The van der Waals surface area contributed by atoms with E-state index in [0.29, 0.717) is 37.5 Å². The number of aromatic nitrogens is 1. The molecule has 2 saturated heterocycles. The molecule has 212 valence electrons. The number of imide groups is 1. The molecule has 2 atom stereocenters. The van der Waals surface area contributed by atoms with Crippen LogP contribution in [0.1, 0.15) is 52.4 Å². The SMILES string of the molecule is C=CC(=O)Nc1ccc2c(c1)c1c(n2Cc2ccc(C(=O)COC3CCCCO3)cc2)CN2CC1C(=O)N(C)C2=O. The topological polar surface area (TPSA) is 110 Å². The molecule has 6 rings (SSSR count). The maximum atomic E-state index is 13.2. The normalized spacial score (nSPS) is 20.2. The van der Waals surface area contributed by atoms with E-state index in [1.165, 1.54) is 18.0 Å². The van der Waals surface area contributed by atoms with Gasteiger partial charge in [0.2, 0.25) is 11.8 Å². The van der Waals surface area contributed by atoms with Crippen LogP contribution >= 0.6 is 0 Å². The quantitative estimate of drug-likeness (QED) is 0.331. The molecule has 3 aliphatic rings. The molecule has 3 aliphatic heterocycles. The molecule has 2 unspecified atom stereocenters. The van der Waals surface area contributed by atoms with Gasteiger partial charge in [0, 0.05) is 54.6 Å². The van der Waals surface area contributed by atoms with E-state index in [-0.39, 0.29) is 36.5 Å². The summed E-state index contributed by atoms with van der Waals surface area (Å²) in [5, 5.41) is 3.66. The van der Waals surface area contributed by atoms with Gasteiger partial charge in [-0.15, -0.1) is 0 Å². The van der Waals surface area contributed by atoms with Gasteiger partial charge in [-0.3, -0.25) is 19.3 Å². The molecule has 10 nitrogen and oxygen atoms in total. The van der Waals surface area contributed by atoms with Crippen LogP contribution in [0.2, 0.25) is 0 Å². The highest BCUT2D eigenvalue weighted by molar-refractivity contribution is 6.05. The number of ether oxygens (including phenoxy) is 2. The highest BCUT2D eigenvalue weighted by atomic mass is 16.7. The molecule has 1 N–H and O–H groups in total. The maximum Gasteiger partial charge on any atom is 0.326 e. The fraction of sp³-hybridized carbons (Fsp3) is 0.355. The highest BCUT2D eigenvalue weighted by Gasteiger charge is 2.44. The zero-order valence-electron chi connectivity index (χ0n) is 22.9. The van der Waals surface area contributed by atoms with Crippen molar-refractivity contribution in [3.8, 4) is 0 Å². The largest absolute Gasteiger partial charge is 0.353 e. The van der Waals surface area contributed by atoms with Crippen molar-refractivity contribution in [1.82, 2.24) is 14.4 Å². The van der Waals surface area contributed by atoms with E-state index in [9.17, 15) is 19.2 Å². The minimum atomic E-state index is -0.497. The summed E-state index contributed by atoms with van der Waals surface area (Å²) in [5.74, 6) is -1.17. The highest BCUT2D eigenvalue weighted by Crippen LogP contribution is 2.41. The number of likely N-dealkylation sites (N-methyl/N-ethyl adjacent to an activating group) is 1. The number of rotatable bonds is 8. The summed E-state index contributed by atoms with van der Waals surface area (Å²) in [6.07, 6.45) is 3.74. The van der Waals surface area contributed by atoms with E-state index in [0.717, 1.165) is 47.0 Å². The Bertz CT molecular complexity index is 1550. The Kier molecular flexibility index (Phi) is 7.19. The van der Waals surface area contributed by atoms with E-state index >= 15 is 0 Å². The van der Waals surface area contributed by atoms with Gasteiger partial charge in [-0.1, -0.05) is 30.8 Å². The number of nitrogens with zero attached hydrogens (tertiary/aromatic N) is 3. The van der Waals surface area contributed by atoms with Crippen LogP contribution in [0.4, 0.5) is 10.5 Å². The molecular weight excluding hydrogens is 524 g/mol. The van der Waals surface area contributed by atoms with Crippen molar-refractivity contribution in [2.75, 3.05) is 32.1 Å². The van der Waals surface area contributed by atoms with Crippen LogP contribution in [0.3, 0.4) is 0 Å². The number of carbonyl (C=O) groups is 4. The summed E-state index contributed by atoms with van der Waals surface area (Å²) in [5.41, 5.74) is 4.78. The second-order valence-electron chi connectivity index (χ2n) is 10.7. The molecule has 2 fully saturated rings. The van der Waals surface area contributed by atoms with Gasteiger partial charge >= 0.3 is 6.03 Å². The van der Waals surface area contributed by atoms with Gasteiger partial charge in [0.1, 0.15) is 6.61 Å². The van der Waals surface area contributed by atoms with Crippen LogP contribution in [0.25, 0.3) is 10.9 Å². The summed E-state index contributed by atoms with van der Waals surface area (Å²) in [6, 6.07) is 12.7. The summed E-state index contributed by atoms with van der Waals surface area (Å²) < 4.78 is 13.3. The van der Waals surface area contributed by atoms with Crippen LogP contribution in [0, 0.1) is 0 Å². The Morgan fingerprint density at radius 2 is 1.95 bits per heavy atom. The third-order valence-corrected chi connectivity index (χ3v) is 8.10. The number of Topliss-reactive ketones (excluding diaryl/α,β-unsaturated/α-hetero) is 1. The number of nitrogens with one attached hydrogen (secondary N) is 1. The Labute approximate surface area is 237 Å². The van der Waals surface area contributed by atoms with Crippen molar-refractivity contribution in [1.29, 1.82) is 0 Å². The number of hydrogen-bond acceptors (Lipinski definition) is 6. The molecule has 0 spiro atoms. The monoisotopic (exact) mass is 556 g/mol. The number of benzene rings is 2. The number of anilines is 1. The van der Waals surface area contributed by atoms with Crippen LogP contribution in [0.15, 0.2) is 55.1 Å². The summed E-state index contributed by atoms with van der Waals surface area (Å²) in [7, 11) is 1.51. The molecule has 4 heterocycles. The molecule has 1 aromatic heterocycles. The molecular formula is C31H32N4O6. The lowest BCUT2D eigenvalue weighted by Gasteiger charge is -2.41. The van der Waals surface area contributed by atoms with Gasteiger partial charge in [-0.05, 0) is 54.7 Å². The van der Waals surface area contributed by atoms with E-state index in [1.54, 1.807) is 17.0 Å².